The normalized spacial score (nSPS) is 13.0. The number of aromatic nitrogens is 3. The molecule has 0 saturated carbocycles. The van der Waals surface area contributed by atoms with Gasteiger partial charge in [-0.2, -0.15) is 4.31 Å². The van der Waals surface area contributed by atoms with Gasteiger partial charge in [-0.15, -0.1) is 5.10 Å². The van der Waals surface area contributed by atoms with Gasteiger partial charge >= 0.3 is 0 Å². The Morgan fingerprint density at radius 1 is 1.23 bits per heavy atom. The fraction of sp³-hybridized carbons (Fsp3) is 0.350. The fourth-order valence-corrected chi connectivity index (χ4v) is 4.18. The van der Waals surface area contributed by atoms with Crippen molar-refractivity contribution < 1.29 is 13.2 Å². The van der Waals surface area contributed by atoms with E-state index in [1.54, 1.807) is 35.0 Å². The third-order valence-electron chi connectivity index (χ3n) is 4.93. The van der Waals surface area contributed by atoms with Crippen LogP contribution in [0.15, 0.2) is 47.4 Å². The Morgan fingerprint density at radius 2 is 1.93 bits per heavy atom. The predicted octanol–water partition coefficient (Wildman–Crippen LogP) is 2.99. The van der Waals surface area contributed by atoms with Gasteiger partial charge in [-0.25, -0.2) is 13.1 Å². The van der Waals surface area contributed by atoms with E-state index in [4.69, 9.17) is 11.6 Å². The van der Waals surface area contributed by atoms with Crippen LogP contribution in [0.2, 0.25) is 5.02 Å². The van der Waals surface area contributed by atoms with Crippen molar-refractivity contribution in [2.24, 2.45) is 0 Å². The molecule has 2 aromatic carbocycles. The first-order valence-corrected chi connectivity index (χ1v) is 11.4. The van der Waals surface area contributed by atoms with E-state index in [-0.39, 0.29) is 24.0 Å². The maximum Gasteiger partial charge on any atom is 0.243 e. The summed E-state index contributed by atoms with van der Waals surface area (Å²) in [5.74, 6) is -0.403. The molecule has 0 fully saturated rings. The number of carbonyl (C=O) groups is 1. The number of hydrogen-bond acceptors (Lipinski definition) is 5. The van der Waals surface area contributed by atoms with Crippen molar-refractivity contribution in [2.75, 3.05) is 13.6 Å². The van der Waals surface area contributed by atoms with Crippen LogP contribution in [0.25, 0.3) is 11.0 Å². The first-order valence-electron chi connectivity index (χ1n) is 9.54. The minimum absolute atomic E-state index is 0.0687. The molecule has 8 nitrogen and oxygen atoms in total. The van der Waals surface area contributed by atoms with Crippen LogP contribution in [0.5, 0.6) is 0 Å². The van der Waals surface area contributed by atoms with Crippen LogP contribution in [0.1, 0.15) is 31.9 Å². The van der Waals surface area contributed by atoms with Crippen molar-refractivity contribution in [2.45, 2.75) is 37.8 Å². The van der Waals surface area contributed by atoms with Crippen LogP contribution < -0.4 is 5.32 Å². The second kappa shape index (κ2) is 9.11. The fourth-order valence-electron chi connectivity index (χ4n) is 2.91. The number of fused-ring (bicyclic) bond motifs is 1. The zero-order valence-corrected chi connectivity index (χ0v) is 18.6. The van der Waals surface area contributed by atoms with Gasteiger partial charge in [0.05, 0.1) is 23.0 Å². The summed E-state index contributed by atoms with van der Waals surface area (Å²) in [7, 11) is -2.48. The summed E-state index contributed by atoms with van der Waals surface area (Å²) >= 11 is 5.84. The van der Waals surface area contributed by atoms with Crippen molar-refractivity contribution in [3.8, 4) is 0 Å². The molecule has 10 heteroatoms. The van der Waals surface area contributed by atoms with Crippen LogP contribution in [-0.4, -0.2) is 47.2 Å². The van der Waals surface area contributed by atoms with Crippen LogP contribution in [-0.2, 0) is 21.4 Å². The average Bonchev–Trinajstić information content (AvgIpc) is 3.16. The highest BCUT2D eigenvalue weighted by Crippen LogP contribution is 2.22. The van der Waals surface area contributed by atoms with E-state index in [0.717, 1.165) is 21.8 Å². The van der Waals surface area contributed by atoms with Gasteiger partial charge in [0.15, 0.2) is 0 Å². The lowest BCUT2D eigenvalue weighted by molar-refractivity contribution is -0.121. The number of nitrogens with zero attached hydrogens (tertiary/aromatic N) is 4. The molecular formula is C20H24ClN5O3S. The van der Waals surface area contributed by atoms with Gasteiger partial charge in [0.25, 0.3) is 0 Å². The maximum atomic E-state index is 12.9. The van der Waals surface area contributed by atoms with Crippen molar-refractivity contribution in [3.05, 3.63) is 53.1 Å². The molecule has 0 aliphatic heterocycles. The number of hydrogen-bond donors (Lipinski definition) is 1. The van der Waals surface area contributed by atoms with Gasteiger partial charge in [-0.1, -0.05) is 35.9 Å². The molecular weight excluding hydrogens is 426 g/mol. The Labute approximate surface area is 180 Å². The van der Waals surface area contributed by atoms with E-state index in [9.17, 15) is 13.2 Å². The van der Waals surface area contributed by atoms with Crippen molar-refractivity contribution in [1.29, 1.82) is 0 Å². The van der Waals surface area contributed by atoms with Crippen LogP contribution >= 0.6 is 11.6 Å². The molecule has 30 heavy (non-hydrogen) atoms. The van der Waals surface area contributed by atoms with Crippen molar-refractivity contribution in [3.63, 3.8) is 0 Å². The van der Waals surface area contributed by atoms with Gasteiger partial charge in [-0.05, 0) is 49.2 Å². The van der Waals surface area contributed by atoms with Crippen molar-refractivity contribution in [1.82, 2.24) is 24.6 Å². The van der Waals surface area contributed by atoms with Gasteiger partial charge in [0.2, 0.25) is 15.9 Å². The number of likely N-dealkylation sites (N-methyl/N-ethyl adjacent to an activating group) is 1. The summed E-state index contributed by atoms with van der Waals surface area (Å²) in [4.78, 5) is 12.3. The third kappa shape index (κ3) is 4.80. The van der Waals surface area contributed by atoms with Crippen LogP contribution in [0, 0.1) is 0 Å². The average molecular weight is 450 g/mol. The molecule has 1 heterocycles. The second-order valence-corrected chi connectivity index (χ2v) is 9.59. The molecule has 1 aromatic heterocycles. The SMILES string of the molecule is CC[C@@H](C)n1nnc2cc(S(=O)(=O)N(C)CC(=O)NCc3ccc(Cl)cc3)ccc21. The molecule has 1 atom stereocenters. The van der Waals surface area contributed by atoms with E-state index in [1.807, 2.05) is 13.8 Å². The van der Waals surface area contributed by atoms with Crippen LogP contribution in [0.4, 0.5) is 0 Å². The number of nitrogens with one attached hydrogen (secondary N) is 1. The minimum Gasteiger partial charge on any atom is -0.351 e. The van der Waals surface area contributed by atoms with E-state index in [2.05, 4.69) is 15.6 Å². The van der Waals surface area contributed by atoms with Crippen LogP contribution in [0.3, 0.4) is 0 Å². The lowest BCUT2D eigenvalue weighted by Crippen LogP contribution is -2.38. The number of rotatable bonds is 8. The number of halogens is 1. The summed E-state index contributed by atoms with van der Waals surface area (Å²) in [6.07, 6.45) is 0.881. The highest BCUT2D eigenvalue weighted by atomic mass is 35.5. The molecule has 0 aliphatic rings. The first kappa shape index (κ1) is 22.2. The van der Waals surface area contributed by atoms with E-state index in [0.29, 0.717) is 10.5 Å². The lowest BCUT2D eigenvalue weighted by atomic mass is 10.2. The molecule has 0 saturated heterocycles. The zero-order valence-electron chi connectivity index (χ0n) is 17.0. The smallest absolute Gasteiger partial charge is 0.243 e. The van der Waals surface area contributed by atoms with Gasteiger partial charge < -0.3 is 5.32 Å². The topological polar surface area (TPSA) is 97.2 Å². The quantitative estimate of drug-likeness (QED) is 0.570. The molecule has 160 valence electrons. The monoisotopic (exact) mass is 449 g/mol. The number of carbonyl (C=O) groups excluding carboxylic acids is 1. The number of sulfonamides is 1. The molecule has 0 radical (unpaired) electrons. The predicted molar refractivity (Wildman–Crippen MR) is 116 cm³/mol. The Balaban J connectivity index is 1.69. The largest absolute Gasteiger partial charge is 0.351 e. The Kier molecular flexibility index (Phi) is 6.74. The highest BCUT2D eigenvalue weighted by molar-refractivity contribution is 7.89. The molecule has 0 bridgehead atoms. The van der Waals surface area contributed by atoms with Gasteiger partial charge in [-0.3, -0.25) is 4.79 Å². The molecule has 1 amide bonds. The summed E-state index contributed by atoms with van der Waals surface area (Å²) < 4.78 is 28.6. The lowest BCUT2D eigenvalue weighted by Gasteiger charge is -2.17. The van der Waals surface area contributed by atoms with E-state index < -0.39 is 15.9 Å². The molecule has 1 N–H and O–H groups in total. The molecule has 0 aliphatic carbocycles. The third-order valence-corrected chi connectivity index (χ3v) is 6.98. The molecule has 3 aromatic rings. The van der Waals surface area contributed by atoms with Gasteiger partial charge in [0.1, 0.15) is 5.52 Å². The summed E-state index contributed by atoms with van der Waals surface area (Å²) in [6, 6.07) is 11.9. The second-order valence-electron chi connectivity index (χ2n) is 7.11. The molecule has 0 unspecified atom stereocenters. The first-order chi connectivity index (χ1) is 14.2. The zero-order chi connectivity index (χ0) is 21.9. The summed E-state index contributed by atoms with van der Waals surface area (Å²) in [6.45, 7) is 4.06. The van der Waals surface area contributed by atoms with E-state index >= 15 is 0 Å². The number of amides is 1. The number of benzene rings is 2. The Bertz CT molecular complexity index is 1140. The Morgan fingerprint density at radius 3 is 2.60 bits per heavy atom. The molecule has 0 spiro atoms. The summed E-state index contributed by atoms with van der Waals surface area (Å²) in [5.41, 5.74) is 2.14. The maximum absolute atomic E-state index is 12.9. The molecule has 3 rings (SSSR count). The van der Waals surface area contributed by atoms with Crippen molar-refractivity contribution >= 4 is 38.6 Å². The minimum atomic E-state index is -3.85. The standard InChI is InChI=1S/C20H24ClN5O3S/c1-4-14(2)26-19-10-9-17(11-18(19)23-24-26)30(28,29)25(3)13-20(27)22-12-15-5-7-16(21)8-6-15/h5-11,14H,4,12-13H2,1-3H3,(H,22,27)/t14-/m1/s1. The Hall–Kier alpha value is -2.49. The highest BCUT2D eigenvalue weighted by Gasteiger charge is 2.24. The van der Waals surface area contributed by atoms with E-state index in [1.165, 1.54) is 19.2 Å². The summed E-state index contributed by atoms with van der Waals surface area (Å²) in [5, 5.41) is 11.5. The van der Waals surface area contributed by atoms with Gasteiger partial charge in [0, 0.05) is 18.6 Å².